The predicted octanol–water partition coefficient (Wildman–Crippen LogP) is 3.28. The van der Waals surface area contributed by atoms with E-state index in [9.17, 15) is 9.59 Å². The maximum absolute atomic E-state index is 11.5. The number of fused-ring (bicyclic) bond motifs is 1. The van der Waals surface area contributed by atoms with E-state index in [1.165, 1.54) is 35.2 Å². The third kappa shape index (κ3) is 4.27. The molecule has 0 aromatic heterocycles. The number of methoxy groups -OCH3 is 3. The Hall–Kier alpha value is -3.42. The molecule has 0 saturated carbocycles. The molecule has 8 heteroatoms. The van der Waals surface area contributed by atoms with Crippen LogP contribution in [0.3, 0.4) is 0 Å². The van der Waals surface area contributed by atoms with E-state index in [0.29, 0.717) is 41.8 Å². The molecule has 0 fully saturated rings. The van der Waals surface area contributed by atoms with E-state index >= 15 is 0 Å². The van der Waals surface area contributed by atoms with Gasteiger partial charge in [0.1, 0.15) is 17.2 Å². The summed E-state index contributed by atoms with van der Waals surface area (Å²) in [5.74, 6) is 1.54. The summed E-state index contributed by atoms with van der Waals surface area (Å²) in [5, 5.41) is 0. The van der Waals surface area contributed by atoms with Gasteiger partial charge in [-0.3, -0.25) is 9.59 Å². The lowest BCUT2D eigenvalue weighted by Gasteiger charge is -2.29. The number of hydrogen-bond donors (Lipinski definition) is 0. The van der Waals surface area contributed by atoms with Crippen LogP contribution in [-0.2, 0) is 16.0 Å². The van der Waals surface area contributed by atoms with Gasteiger partial charge in [0.25, 0.3) is 0 Å². The van der Waals surface area contributed by atoms with Gasteiger partial charge in [0.05, 0.1) is 27.9 Å². The highest BCUT2D eigenvalue weighted by atomic mass is 16.6. The van der Waals surface area contributed by atoms with Crippen LogP contribution >= 0.6 is 0 Å². The van der Waals surface area contributed by atoms with Crippen LogP contribution in [0.2, 0.25) is 0 Å². The quantitative estimate of drug-likeness (QED) is 0.524. The van der Waals surface area contributed by atoms with Gasteiger partial charge >= 0.3 is 11.9 Å². The fourth-order valence-corrected chi connectivity index (χ4v) is 3.56. The Labute approximate surface area is 174 Å². The number of carbonyl (C=O) groups excluding carboxylic acids is 2. The summed E-state index contributed by atoms with van der Waals surface area (Å²) in [5.41, 5.74) is 1.71. The van der Waals surface area contributed by atoms with Gasteiger partial charge in [-0.25, -0.2) is 0 Å². The molecule has 0 aliphatic carbocycles. The highest BCUT2D eigenvalue weighted by molar-refractivity contribution is 5.73. The molecule has 0 unspecified atom stereocenters. The molecule has 0 amide bonds. The van der Waals surface area contributed by atoms with Crippen molar-refractivity contribution in [3.8, 4) is 34.5 Å². The molecule has 2 aromatic carbocycles. The average Bonchev–Trinajstić information content (AvgIpc) is 2.71. The van der Waals surface area contributed by atoms with Gasteiger partial charge < -0.3 is 28.4 Å². The number of benzene rings is 2. The van der Waals surface area contributed by atoms with Crippen molar-refractivity contribution in [2.24, 2.45) is 0 Å². The van der Waals surface area contributed by atoms with E-state index in [0.717, 1.165) is 11.1 Å². The van der Waals surface area contributed by atoms with Gasteiger partial charge in [0.15, 0.2) is 11.5 Å². The first-order valence-corrected chi connectivity index (χ1v) is 9.33. The van der Waals surface area contributed by atoms with Gasteiger partial charge in [-0.2, -0.15) is 0 Å². The smallest absolute Gasteiger partial charge is 0.308 e. The third-order valence-corrected chi connectivity index (χ3v) is 4.70. The topological polar surface area (TPSA) is 89.5 Å². The first-order chi connectivity index (χ1) is 14.4. The largest absolute Gasteiger partial charge is 0.496 e. The molecule has 1 heterocycles. The van der Waals surface area contributed by atoms with Gasteiger partial charge in [-0.1, -0.05) is 6.07 Å². The fourth-order valence-electron chi connectivity index (χ4n) is 3.56. The van der Waals surface area contributed by atoms with Crippen molar-refractivity contribution in [1.29, 1.82) is 0 Å². The van der Waals surface area contributed by atoms with Crippen LogP contribution in [0.1, 0.15) is 30.9 Å². The second kappa shape index (κ2) is 8.94. The molecule has 1 aliphatic heterocycles. The maximum Gasteiger partial charge on any atom is 0.308 e. The molecular weight excluding hydrogens is 392 g/mol. The number of esters is 2. The molecular formula is C22H24O8. The minimum atomic E-state index is -0.483. The summed E-state index contributed by atoms with van der Waals surface area (Å²) < 4.78 is 33.0. The summed E-state index contributed by atoms with van der Waals surface area (Å²) in [6, 6.07) is 6.90. The lowest BCUT2D eigenvalue weighted by atomic mass is 9.88. The van der Waals surface area contributed by atoms with E-state index in [2.05, 4.69) is 0 Å². The van der Waals surface area contributed by atoms with Crippen LogP contribution in [0, 0.1) is 0 Å². The molecule has 1 aliphatic rings. The van der Waals surface area contributed by atoms with E-state index in [4.69, 9.17) is 28.4 Å². The van der Waals surface area contributed by atoms with Crippen LogP contribution < -0.4 is 28.4 Å². The van der Waals surface area contributed by atoms with E-state index < -0.39 is 11.9 Å². The molecule has 2 aromatic rings. The standard InChI is InChI=1S/C22H24O8/c1-12(23)29-16-7-6-14-8-15(11-28-17(14)9-16)20-18(25-3)10-19(30-13(2)24)21(26-4)22(20)27-5/h6-7,9-10,15H,8,11H2,1-5H3/t15-/m1/s1. The number of carbonyl (C=O) groups is 2. The molecule has 30 heavy (non-hydrogen) atoms. The number of rotatable bonds is 6. The van der Waals surface area contributed by atoms with E-state index in [-0.39, 0.29) is 11.7 Å². The summed E-state index contributed by atoms with van der Waals surface area (Å²) >= 11 is 0. The zero-order chi connectivity index (χ0) is 21.8. The molecule has 0 N–H and O–H groups in total. The van der Waals surface area contributed by atoms with E-state index in [1.54, 1.807) is 18.2 Å². The van der Waals surface area contributed by atoms with Crippen molar-refractivity contribution in [3.63, 3.8) is 0 Å². The second-order valence-electron chi connectivity index (χ2n) is 6.73. The molecule has 8 nitrogen and oxygen atoms in total. The van der Waals surface area contributed by atoms with Gasteiger partial charge in [0.2, 0.25) is 5.75 Å². The van der Waals surface area contributed by atoms with Crippen molar-refractivity contribution >= 4 is 11.9 Å². The zero-order valence-electron chi connectivity index (χ0n) is 17.6. The number of hydrogen-bond acceptors (Lipinski definition) is 8. The minimum absolute atomic E-state index is 0.109. The maximum atomic E-state index is 11.5. The normalized spacial score (nSPS) is 14.8. The van der Waals surface area contributed by atoms with Crippen LogP contribution in [0.4, 0.5) is 0 Å². The molecule has 3 rings (SSSR count). The Kier molecular flexibility index (Phi) is 6.34. The Balaban J connectivity index is 2.01. The molecule has 0 bridgehead atoms. The first kappa shape index (κ1) is 21.3. The summed E-state index contributed by atoms with van der Waals surface area (Å²) in [7, 11) is 4.52. The summed E-state index contributed by atoms with van der Waals surface area (Å²) in [6.07, 6.45) is 0.637. The lowest BCUT2D eigenvalue weighted by Crippen LogP contribution is -2.21. The van der Waals surface area contributed by atoms with Crippen LogP contribution in [0.15, 0.2) is 24.3 Å². The van der Waals surface area contributed by atoms with Gasteiger partial charge in [-0.15, -0.1) is 0 Å². The summed E-state index contributed by atoms with van der Waals surface area (Å²) in [4.78, 5) is 22.7. The SMILES string of the molecule is COc1cc(OC(C)=O)c(OC)c(OC)c1[C@H]1COc2cc(OC(C)=O)ccc2C1. The van der Waals surface area contributed by atoms with Crippen molar-refractivity contribution in [3.05, 3.63) is 35.4 Å². The second-order valence-corrected chi connectivity index (χ2v) is 6.73. The Morgan fingerprint density at radius 3 is 2.20 bits per heavy atom. The first-order valence-electron chi connectivity index (χ1n) is 9.33. The fraction of sp³-hybridized carbons (Fsp3) is 0.364. The molecule has 0 spiro atoms. The lowest BCUT2D eigenvalue weighted by molar-refractivity contribution is -0.132. The molecule has 0 radical (unpaired) electrons. The van der Waals surface area contributed by atoms with Crippen LogP contribution in [0.5, 0.6) is 34.5 Å². The zero-order valence-corrected chi connectivity index (χ0v) is 17.6. The van der Waals surface area contributed by atoms with Crippen molar-refractivity contribution < 1.29 is 38.0 Å². The highest BCUT2D eigenvalue weighted by Gasteiger charge is 2.31. The van der Waals surface area contributed by atoms with Crippen molar-refractivity contribution in [2.75, 3.05) is 27.9 Å². The third-order valence-electron chi connectivity index (χ3n) is 4.70. The Morgan fingerprint density at radius 2 is 1.60 bits per heavy atom. The Morgan fingerprint density at radius 1 is 0.900 bits per heavy atom. The monoisotopic (exact) mass is 416 g/mol. The Bertz CT molecular complexity index is 966. The predicted molar refractivity (Wildman–Crippen MR) is 107 cm³/mol. The van der Waals surface area contributed by atoms with Gasteiger partial charge in [0, 0.05) is 37.5 Å². The van der Waals surface area contributed by atoms with Crippen molar-refractivity contribution in [1.82, 2.24) is 0 Å². The molecule has 0 saturated heterocycles. The van der Waals surface area contributed by atoms with Gasteiger partial charge in [-0.05, 0) is 18.1 Å². The molecule has 160 valence electrons. The number of ether oxygens (including phenoxy) is 6. The van der Waals surface area contributed by atoms with Crippen molar-refractivity contribution in [2.45, 2.75) is 26.2 Å². The van der Waals surface area contributed by atoms with E-state index in [1.807, 2.05) is 6.07 Å². The summed E-state index contributed by atoms with van der Waals surface area (Å²) in [6.45, 7) is 3.00. The van der Waals surface area contributed by atoms with Crippen LogP contribution in [0.25, 0.3) is 0 Å². The highest BCUT2D eigenvalue weighted by Crippen LogP contribution is 2.50. The average molecular weight is 416 g/mol. The molecule has 1 atom stereocenters. The van der Waals surface area contributed by atoms with Crippen LogP contribution in [-0.4, -0.2) is 39.9 Å². The minimum Gasteiger partial charge on any atom is -0.496 e.